The average molecular weight is 464 g/mol. The third-order valence-electron chi connectivity index (χ3n) is 6.09. The lowest BCUT2D eigenvalue weighted by molar-refractivity contribution is -0.119. The van der Waals surface area contributed by atoms with Gasteiger partial charge in [0.2, 0.25) is 5.91 Å². The number of unbranched alkanes of at least 4 members (excludes halogenated alkanes) is 1. The molecule has 10 heteroatoms. The van der Waals surface area contributed by atoms with E-state index in [4.69, 9.17) is 22.3 Å². The Labute approximate surface area is 194 Å². The van der Waals surface area contributed by atoms with E-state index in [1.807, 2.05) is 10.6 Å². The number of fused-ring (bicyclic) bond motifs is 2. The Morgan fingerprint density at radius 3 is 2.85 bits per heavy atom. The number of imidazole rings is 1. The molecule has 0 radical (unpaired) electrons. The number of nitrogens with two attached hydrogens (primary N) is 1. The summed E-state index contributed by atoms with van der Waals surface area (Å²) >= 11 is 5.95. The second-order valence-electron chi connectivity index (χ2n) is 8.24. The summed E-state index contributed by atoms with van der Waals surface area (Å²) in [6, 6.07) is 4.67. The first-order valence-corrected chi connectivity index (χ1v) is 11.0. The number of anilines is 2. The molecule has 1 aliphatic rings. The molecule has 0 saturated heterocycles. The number of amides is 1. The van der Waals surface area contributed by atoms with Crippen LogP contribution in [0.5, 0.6) is 5.75 Å². The molecule has 0 spiro atoms. The first-order valence-electron chi connectivity index (χ1n) is 10.6. The number of carbonyl (C=O) groups is 1. The first-order chi connectivity index (χ1) is 15.8. The molecule has 0 aliphatic carbocycles. The fraction of sp³-hybridized carbons (Fsp3) is 0.261. The summed E-state index contributed by atoms with van der Waals surface area (Å²) in [6.07, 6.45) is 8.16. The smallest absolute Gasteiger partial charge is 0.240 e. The van der Waals surface area contributed by atoms with E-state index in [9.17, 15) is 9.90 Å². The van der Waals surface area contributed by atoms with Gasteiger partial charge in [0.15, 0.2) is 11.5 Å². The minimum absolute atomic E-state index is 0.120. The van der Waals surface area contributed by atoms with Crippen molar-refractivity contribution < 1.29 is 9.90 Å². The number of aromatic nitrogens is 5. The van der Waals surface area contributed by atoms with Gasteiger partial charge >= 0.3 is 0 Å². The lowest BCUT2D eigenvalue weighted by Gasteiger charge is -2.23. The fourth-order valence-electron chi connectivity index (χ4n) is 4.24. The number of phenolic OH excluding ortho intramolecular Hbond substituents is 1. The van der Waals surface area contributed by atoms with Crippen LogP contribution in [0.4, 0.5) is 11.6 Å². The maximum atomic E-state index is 13.1. The lowest BCUT2D eigenvalue weighted by atomic mass is 9.77. The van der Waals surface area contributed by atoms with Crippen molar-refractivity contribution in [2.24, 2.45) is 0 Å². The number of aromatic hydroxyl groups is 1. The van der Waals surface area contributed by atoms with Crippen LogP contribution in [0.25, 0.3) is 17.2 Å². The van der Waals surface area contributed by atoms with Crippen LogP contribution >= 0.6 is 11.6 Å². The molecule has 1 aromatic carbocycles. The SMILES string of the molecule is CCCCc1nc(-c2nc(N)c3c(n2)NC(=O)C3(C)c2ccc(Cl)c(O)c2)cn2ccnc12. The van der Waals surface area contributed by atoms with Crippen molar-refractivity contribution >= 4 is 34.8 Å². The molecule has 1 amide bonds. The Balaban J connectivity index is 1.64. The number of benzene rings is 1. The largest absolute Gasteiger partial charge is 0.506 e. The van der Waals surface area contributed by atoms with E-state index in [1.165, 1.54) is 12.1 Å². The van der Waals surface area contributed by atoms with E-state index < -0.39 is 5.41 Å². The van der Waals surface area contributed by atoms with Gasteiger partial charge in [-0.15, -0.1) is 0 Å². The van der Waals surface area contributed by atoms with Crippen molar-refractivity contribution in [2.45, 2.75) is 38.5 Å². The van der Waals surface area contributed by atoms with Crippen molar-refractivity contribution in [2.75, 3.05) is 11.1 Å². The van der Waals surface area contributed by atoms with Gasteiger partial charge in [-0.05, 0) is 37.5 Å². The second kappa shape index (κ2) is 7.70. The number of aryl methyl sites for hydroxylation is 1. The van der Waals surface area contributed by atoms with E-state index in [1.54, 1.807) is 25.4 Å². The van der Waals surface area contributed by atoms with Crippen LogP contribution in [0.15, 0.2) is 36.8 Å². The van der Waals surface area contributed by atoms with Gasteiger partial charge in [-0.3, -0.25) is 4.79 Å². The fourth-order valence-corrected chi connectivity index (χ4v) is 4.36. The molecule has 0 saturated carbocycles. The average Bonchev–Trinajstić information content (AvgIpc) is 3.37. The summed E-state index contributed by atoms with van der Waals surface area (Å²) in [6.45, 7) is 3.84. The zero-order valence-corrected chi connectivity index (χ0v) is 18.9. The monoisotopic (exact) mass is 463 g/mol. The standard InChI is InChI=1S/C23H22ClN7O2/c1-3-4-5-14-21-26-8-9-31(21)11-15(27-14)19-28-18(25)17-20(29-19)30-22(33)23(17,2)12-6-7-13(24)16(32)10-12/h6-11,32H,3-5H2,1-2H3,(H3,25,28,29,30,33). The summed E-state index contributed by atoms with van der Waals surface area (Å²) in [5, 5.41) is 13.1. The number of nitrogen functional groups attached to an aromatic ring is 1. The first kappa shape index (κ1) is 21.1. The van der Waals surface area contributed by atoms with E-state index in [-0.39, 0.29) is 22.5 Å². The Morgan fingerprint density at radius 1 is 1.27 bits per heavy atom. The van der Waals surface area contributed by atoms with Crippen molar-refractivity contribution in [1.82, 2.24) is 24.3 Å². The molecule has 4 heterocycles. The maximum Gasteiger partial charge on any atom is 0.240 e. The number of hydrogen-bond donors (Lipinski definition) is 3. The molecule has 1 atom stereocenters. The van der Waals surface area contributed by atoms with Crippen LogP contribution in [0.2, 0.25) is 5.02 Å². The molecule has 1 unspecified atom stereocenters. The van der Waals surface area contributed by atoms with Crippen molar-refractivity contribution in [3.8, 4) is 17.3 Å². The normalized spacial score (nSPS) is 17.4. The van der Waals surface area contributed by atoms with Crippen LogP contribution in [0.1, 0.15) is 43.5 Å². The van der Waals surface area contributed by atoms with Gasteiger partial charge in [0.25, 0.3) is 0 Å². The Bertz CT molecular complexity index is 1420. The van der Waals surface area contributed by atoms with Gasteiger partial charge in [0, 0.05) is 18.6 Å². The summed E-state index contributed by atoms with van der Waals surface area (Å²) in [4.78, 5) is 31.4. The van der Waals surface area contributed by atoms with Crippen LogP contribution < -0.4 is 11.1 Å². The molecular weight excluding hydrogens is 442 g/mol. The van der Waals surface area contributed by atoms with Crippen LogP contribution in [-0.4, -0.2) is 35.4 Å². The van der Waals surface area contributed by atoms with Gasteiger partial charge in [-0.1, -0.05) is 31.0 Å². The number of nitrogens with one attached hydrogen (secondary N) is 1. The number of hydrogen-bond acceptors (Lipinski definition) is 7. The molecule has 4 N–H and O–H groups in total. The Hall–Kier alpha value is -3.72. The number of halogens is 1. The zero-order valence-electron chi connectivity index (χ0n) is 18.1. The molecule has 168 valence electrons. The quantitative estimate of drug-likeness (QED) is 0.411. The summed E-state index contributed by atoms with van der Waals surface area (Å²) in [5.41, 5.74) is 8.37. The molecule has 0 bridgehead atoms. The van der Waals surface area contributed by atoms with Crippen LogP contribution in [-0.2, 0) is 16.6 Å². The van der Waals surface area contributed by atoms with Gasteiger partial charge in [-0.2, -0.15) is 0 Å². The third kappa shape index (κ3) is 3.27. The molecule has 33 heavy (non-hydrogen) atoms. The highest BCUT2D eigenvalue weighted by molar-refractivity contribution is 6.32. The van der Waals surface area contributed by atoms with Crippen LogP contribution in [0, 0.1) is 0 Å². The van der Waals surface area contributed by atoms with Gasteiger partial charge < -0.3 is 20.6 Å². The predicted molar refractivity (Wildman–Crippen MR) is 125 cm³/mol. The van der Waals surface area contributed by atoms with E-state index in [0.29, 0.717) is 28.5 Å². The topological polar surface area (TPSA) is 131 Å². The minimum Gasteiger partial charge on any atom is -0.506 e. The third-order valence-corrected chi connectivity index (χ3v) is 6.41. The molecule has 4 aromatic rings. The second-order valence-corrected chi connectivity index (χ2v) is 8.64. The molecule has 5 rings (SSSR count). The number of carbonyl (C=O) groups excluding carboxylic acids is 1. The number of phenols is 1. The molecule has 1 aliphatic heterocycles. The van der Waals surface area contributed by atoms with Crippen molar-refractivity contribution in [3.63, 3.8) is 0 Å². The zero-order chi connectivity index (χ0) is 23.3. The summed E-state index contributed by atoms with van der Waals surface area (Å²) < 4.78 is 1.89. The summed E-state index contributed by atoms with van der Waals surface area (Å²) in [7, 11) is 0. The number of rotatable bonds is 5. The van der Waals surface area contributed by atoms with E-state index in [2.05, 4.69) is 27.2 Å². The van der Waals surface area contributed by atoms with Crippen molar-refractivity contribution in [1.29, 1.82) is 0 Å². The highest BCUT2D eigenvalue weighted by Gasteiger charge is 2.47. The molecular formula is C23H22ClN7O2. The van der Waals surface area contributed by atoms with Crippen LogP contribution in [0.3, 0.4) is 0 Å². The molecule has 9 nitrogen and oxygen atoms in total. The highest BCUT2D eigenvalue weighted by Crippen LogP contribution is 2.46. The predicted octanol–water partition coefficient (Wildman–Crippen LogP) is 3.73. The van der Waals surface area contributed by atoms with Crippen molar-refractivity contribution in [3.05, 3.63) is 58.6 Å². The maximum absolute atomic E-state index is 13.1. The van der Waals surface area contributed by atoms with Gasteiger partial charge in [0.05, 0.1) is 16.3 Å². The molecule has 3 aromatic heterocycles. The van der Waals surface area contributed by atoms with Gasteiger partial charge in [-0.25, -0.2) is 19.9 Å². The highest BCUT2D eigenvalue weighted by atomic mass is 35.5. The minimum atomic E-state index is -1.19. The van der Waals surface area contributed by atoms with E-state index in [0.717, 1.165) is 30.6 Å². The summed E-state index contributed by atoms with van der Waals surface area (Å²) in [5.74, 6) is 0.349. The number of nitrogens with zero attached hydrogens (tertiary/aromatic N) is 5. The lowest BCUT2D eigenvalue weighted by Crippen LogP contribution is -2.32. The van der Waals surface area contributed by atoms with Gasteiger partial charge in [0.1, 0.15) is 28.5 Å². The molecule has 0 fully saturated rings. The van der Waals surface area contributed by atoms with E-state index >= 15 is 0 Å². The Morgan fingerprint density at radius 2 is 2.09 bits per heavy atom. The Kier molecular flexibility index (Phi) is 4.93.